The maximum atomic E-state index is 13.2. The van der Waals surface area contributed by atoms with Gasteiger partial charge in [-0.1, -0.05) is 50.6 Å². The van der Waals surface area contributed by atoms with Crippen molar-refractivity contribution in [2.24, 2.45) is 11.8 Å². The average Bonchev–Trinajstić information content (AvgIpc) is 3.29. The maximum absolute atomic E-state index is 13.2. The highest BCUT2D eigenvalue weighted by Gasteiger charge is 2.32. The summed E-state index contributed by atoms with van der Waals surface area (Å²) in [5.74, 6) is -2.48. The summed E-state index contributed by atoms with van der Waals surface area (Å²) in [6.45, 7) is 4.04. The SMILES string of the molecule is CC(C)C(NC(=O)OCc1ccccc1)C(=O)CC1CCCCc2[nH]ncc2CCNC(=O)C1=O. The first-order valence-electron chi connectivity index (χ1n) is 12.2. The fourth-order valence-electron chi connectivity index (χ4n) is 4.25. The first-order valence-corrected chi connectivity index (χ1v) is 12.2. The van der Waals surface area contributed by atoms with Gasteiger partial charge in [0.15, 0.2) is 5.78 Å². The molecule has 3 N–H and O–H groups in total. The molecule has 9 heteroatoms. The van der Waals surface area contributed by atoms with Crippen molar-refractivity contribution in [3.63, 3.8) is 0 Å². The molecule has 0 aliphatic carbocycles. The molecule has 0 fully saturated rings. The molecule has 0 saturated carbocycles. The molecule has 0 bridgehead atoms. The highest BCUT2D eigenvalue weighted by Crippen LogP contribution is 2.20. The van der Waals surface area contributed by atoms with E-state index in [0.29, 0.717) is 25.8 Å². The first kappa shape index (κ1) is 26.1. The summed E-state index contributed by atoms with van der Waals surface area (Å²) in [5, 5.41) is 12.4. The number of carbonyl (C=O) groups is 4. The number of nitrogens with one attached hydrogen (secondary N) is 3. The Morgan fingerprint density at radius 2 is 1.91 bits per heavy atom. The molecule has 35 heavy (non-hydrogen) atoms. The molecule has 3 rings (SSSR count). The minimum absolute atomic E-state index is 0.0883. The molecular weight excluding hydrogens is 448 g/mol. The smallest absolute Gasteiger partial charge is 0.408 e. The Bertz CT molecular complexity index is 1020. The molecule has 2 atom stereocenters. The summed E-state index contributed by atoms with van der Waals surface area (Å²) in [5.41, 5.74) is 2.91. The van der Waals surface area contributed by atoms with Gasteiger partial charge in [-0.3, -0.25) is 19.5 Å². The first-order chi connectivity index (χ1) is 16.8. The molecule has 1 aliphatic heterocycles. The number of nitrogens with zero attached hydrogens (tertiary/aromatic N) is 1. The van der Waals surface area contributed by atoms with E-state index >= 15 is 0 Å². The third-order valence-electron chi connectivity index (χ3n) is 6.26. The van der Waals surface area contributed by atoms with Gasteiger partial charge in [0.1, 0.15) is 6.61 Å². The number of Topliss-reactive ketones (excluding diaryl/α,β-unsaturated/α-hetero) is 2. The fraction of sp³-hybridized carbons (Fsp3) is 0.500. The van der Waals surface area contributed by atoms with Crippen LogP contribution in [0.2, 0.25) is 0 Å². The number of hydrogen-bond acceptors (Lipinski definition) is 6. The number of rotatable bonds is 7. The highest BCUT2D eigenvalue weighted by atomic mass is 16.5. The summed E-state index contributed by atoms with van der Waals surface area (Å²) in [7, 11) is 0. The number of amides is 2. The number of aromatic amines is 1. The van der Waals surface area contributed by atoms with Crippen LogP contribution in [0.5, 0.6) is 0 Å². The van der Waals surface area contributed by atoms with E-state index in [-0.39, 0.29) is 24.7 Å². The van der Waals surface area contributed by atoms with Crippen LogP contribution in [0.3, 0.4) is 0 Å². The second kappa shape index (κ2) is 12.8. The van der Waals surface area contributed by atoms with E-state index in [1.807, 2.05) is 44.2 Å². The number of aromatic nitrogens is 2. The number of H-pyrrole nitrogens is 1. The summed E-state index contributed by atoms with van der Waals surface area (Å²) in [6, 6.07) is 8.43. The number of carbonyl (C=O) groups excluding carboxylic acids is 4. The summed E-state index contributed by atoms with van der Waals surface area (Å²) in [4.78, 5) is 50.9. The van der Waals surface area contributed by atoms with Crippen LogP contribution in [0.15, 0.2) is 36.5 Å². The Hall–Kier alpha value is -3.49. The largest absolute Gasteiger partial charge is 0.445 e. The van der Waals surface area contributed by atoms with Crippen molar-refractivity contribution in [3.05, 3.63) is 53.3 Å². The molecule has 188 valence electrons. The number of ketones is 2. The van der Waals surface area contributed by atoms with Crippen LogP contribution in [0.25, 0.3) is 0 Å². The van der Waals surface area contributed by atoms with Crippen LogP contribution in [0.1, 0.15) is 56.4 Å². The number of hydrogen-bond donors (Lipinski definition) is 3. The summed E-state index contributed by atoms with van der Waals surface area (Å²) < 4.78 is 5.26. The van der Waals surface area contributed by atoms with Crippen LogP contribution in [0, 0.1) is 11.8 Å². The van der Waals surface area contributed by atoms with Crippen molar-refractivity contribution < 1.29 is 23.9 Å². The normalized spacial score (nSPS) is 18.0. The van der Waals surface area contributed by atoms with Crippen molar-refractivity contribution in [2.75, 3.05) is 6.54 Å². The maximum Gasteiger partial charge on any atom is 0.408 e. The predicted molar refractivity (Wildman–Crippen MR) is 129 cm³/mol. The van der Waals surface area contributed by atoms with Gasteiger partial charge in [0.25, 0.3) is 5.91 Å². The minimum Gasteiger partial charge on any atom is -0.445 e. The van der Waals surface area contributed by atoms with Gasteiger partial charge in [0.2, 0.25) is 5.78 Å². The lowest BCUT2D eigenvalue weighted by Gasteiger charge is -2.23. The van der Waals surface area contributed by atoms with Crippen molar-refractivity contribution in [1.29, 1.82) is 0 Å². The fourth-order valence-corrected chi connectivity index (χ4v) is 4.25. The predicted octanol–water partition coefficient (Wildman–Crippen LogP) is 2.89. The van der Waals surface area contributed by atoms with Crippen LogP contribution in [-0.2, 0) is 38.6 Å². The van der Waals surface area contributed by atoms with Crippen LogP contribution < -0.4 is 10.6 Å². The van der Waals surface area contributed by atoms with E-state index < -0.39 is 29.7 Å². The second-order valence-corrected chi connectivity index (χ2v) is 9.28. The van der Waals surface area contributed by atoms with Crippen molar-refractivity contribution >= 4 is 23.6 Å². The number of alkyl carbamates (subject to hydrolysis) is 1. The van der Waals surface area contributed by atoms with E-state index in [4.69, 9.17) is 4.74 Å². The second-order valence-electron chi connectivity index (χ2n) is 9.28. The number of ether oxygens (including phenoxy) is 1. The van der Waals surface area contributed by atoms with Crippen LogP contribution in [0.4, 0.5) is 4.79 Å². The topological polar surface area (TPSA) is 130 Å². The van der Waals surface area contributed by atoms with Gasteiger partial charge in [0, 0.05) is 24.6 Å². The van der Waals surface area contributed by atoms with Gasteiger partial charge in [-0.15, -0.1) is 0 Å². The Morgan fingerprint density at radius 3 is 2.66 bits per heavy atom. The third kappa shape index (κ3) is 7.77. The molecule has 2 amide bonds. The van der Waals surface area contributed by atoms with Gasteiger partial charge in [-0.25, -0.2) is 4.79 Å². The van der Waals surface area contributed by atoms with Gasteiger partial charge in [0.05, 0.1) is 12.2 Å². The van der Waals surface area contributed by atoms with Crippen molar-refractivity contribution in [1.82, 2.24) is 20.8 Å². The van der Waals surface area contributed by atoms with Gasteiger partial charge >= 0.3 is 6.09 Å². The molecule has 1 aromatic heterocycles. The lowest BCUT2D eigenvalue weighted by molar-refractivity contribution is -0.141. The third-order valence-corrected chi connectivity index (χ3v) is 6.26. The van der Waals surface area contributed by atoms with Crippen molar-refractivity contribution in [3.8, 4) is 0 Å². The zero-order valence-electron chi connectivity index (χ0n) is 20.3. The zero-order chi connectivity index (χ0) is 25.2. The molecule has 2 heterocycles. The highest BCUT2D eigenvalue weighted by molar-refractivity contribution is 6.37. The molecule has 0 saturated heterocycles. The molecule has 0 spiro atoms. The quantitative estimate of drug-likeness (QED) is 0.520. The molecule has 9 nitrogen and oxygen atoms in total. The summed E-state index contributed by atoms with van der Waals surface area (Å²) >= 11 is 0. The molecule has 1 aromatic carbocycles. The molecule has 0 radical (unpaired) electrons. The lowest BCUT2D eigenvalue weighted by Crippen LogP contribution is -2.46. The number of benzene rings is 1. The summed E-state index contributed by atoms with van der Waals surface area (Å²) in [6.07, 6.45) is 4.24. The number of aryl methyl sites for hydroxylation is 1. The number of fused-ring (bicyclic) bond motifs is 1. The van der Waals surface area contributed by atoms with E-state index in [0.717, 1.165) is 29.7 Å². The van der Waals surface area contributed by atoms with Gasteiger partial charge in [-0.2, -0.15) is 5.10 Å². The van der Waals surface area contributed by atoms with E-state index in [2.05, 4.69) is 20.8 Å². The monoisotopic (exact) mass is 482 g/mol. The zero-order valence-corrected chi connectivity index (χ0v) is 20.3. The lowest BCUT2D eigenvalue weighted by atomic mass is 9.86. The van der Waals surface area contributed by atoms with Crippen LogP contribution >= 0.6 is 0 Å². The van der Waals surface area contributed by atoms with E-state index in [1.54, 1.807) is 6.20 Å². The Labute approximate surface area is 205 Å². The molecule has 2 unspecified atom stereocenters. The van der Waals surface area contributed by atoms with Gasteiger partial charge in [-0.05, 0) is 42.7 Å². The average molecular weight is 483 g/mol. The van der Waals surface area contributed by atoms with E-state index in [9.17, 15) is 19.2 Å². The van der Waals surface area contributed by atoms with Gasteiger partial charge < -0.3 is 15.4 Å². The minimum atomic E-state index is -0.817. The molecule has 1 aliphatic rings. The molecule has 2 aromatic rings. The Balaban J connectivity index is 1.60. The van der Waals surface area contributed by atoms with Crippen LogP contribution in [-0.4, -0.2) is 46.4 Å². The Kier molecular flexibility index (Phi) is 9.57. The standard InChI is InChI=1S/C26H34N4O5/c1-17(2)23(29-26(34)35-16-18-8-4-3-5-9-18)22(31)14-19-10-6-7-11-21-20(15-28-30-21)12-13-27-25(33)24(19)32/h3-5,8-9,15,17,19,23H,6-7,10-14,16H2,1-2H3,(H,27,33)(H,28,30)(H,29,34). The Morgan fingerprint density at radius 1 is 1.14 bits per heavy atom. The molecular formula is C26H34N4O5. The van der Waals surface area contributed by atoms with E-state index in [1.165, 1.54) is 0 Å². The van der Waals surface area contributed by atoms with Crippen molar-refractivity contribution in [2.45, 2.75) is 65.0 Å².